The number of aromatic nitrogens is 4. The van der Waals surface area contributed by atoms with Crippen LogP contribution in [0.3, 0.4) is 0 Å². The van der Waals surface area contributed by atoms with Crippen molar-refractivity contribution in [2.24, 2.45) is 0 Å². The van der Waals surface area contributed by atoms with E-state index in [1.165, 1.54) is 31.4 Å². The van der Waals surface area contributed by atoms with Gasteiger partial charge in [-0.1, -0.05) is 12.8 Å². The van der Waals surface area contributed by atoms with Crippen LogP contribution in [0.1, 0.15) is 87.0 Å². The molecule has 0 unspecified atom stereocenters. The molecule has 3 amide bonds. The Morgan fingerprint density at radius 1 is 0.946 bits per heavy atom. The van der Waals surface area contributed by atoms with E-state index >= 15 is 0 Å². The predicted molar refractivity (Wildman–Crippen MR) is 148 cm³/mol. The minimum absolute atomic E-state index is 0. The highest BCUT2D eigenvalue weighted by Gasteiger charge is 2.26. The van der Waals surface area contributed by atoms with E-state index in [1.54, 1.807) is 13.1 Å². The summed E-state index contributed by atoms with van der Waals surface area (Å²) >= 11 is 0. The summed E-state index contributed by atoms with van der Waals surface area (Å²) in [6.45, 7) is 3.01. The van der Waals surface area contributed by atoms with E-state index in [-0.39, 0.29) is 34.3 Å². The van der Waals surface area contributed by atoms with E-state index in [4.69, 9.17) is 0 Å². The van der Waals surface area contributed by atoms with Crippen LogP contribution in [0.4, 0.5) is 22.4 Å². The lowest BCUT2D eigenvalue weighted by atomic mass is 9.91. The Hall–Kier alpha value is -3.37. The third kappa shape index (κ3) is 6.90. The zero-order valence-corrected chi connectivity index (χ0v) is 21.6. The van der Waals surface area contributed by atoms with E-state index in [1.807, 2.05) is 11.0 Å². The summed E-state index contributed by atoms with van der Waals surface area (Å²) in [4.78, 5) is 34.8. The summed E-state index contributed by atoms with van der Waals surface area (Å²) in [7, 11) is 0. The number of nitrogens with one attached hydrogen (secondary N) is 5. The van der Waals surface area contributed by atoms with Crippen LogP contribution in [-0.4, -0.2) is 68.2 Å². The van der Waals surface area contributed by atoms with Gasteiger partial charge in [-0.2, -0.15) is 10.1 Å². The Kier molecular flexibility index (Phi) is 8.05. The minimum atomic E-state index is -0.103. The van der Waals surface area contributed by atoms with Gasteiger partial charge in [0, 0.05) is 66.3 Å². The molecule has 2 aromatic rings. The topological polar surface area (TPSA) is 140 Å². The van der Waals surface area contributed by atoms with Crippen molar-refractivity contribution in [3.63, 3.8) is 0 Å². The van der Waals surface area contributed by atoms with E-state index in [0.717, 1.165) is 44.3 Å². The maximum absolute atomic E-state index is 12.5. The number of anilines is 3. The highest BCUT2D eigenvalue weighted by atomic mass is 16.2. The molecule has 0 atom stereocenters. The van der Waals surface area contributed by atoms with Crippen LogP contribution in [0.2, 0.25) is 0 Å². The van der Waals surface area contributed by atoms with Gasteiger partial charge in [0.25, 0.3) is 0 Å². The summed E-state index contributed by atoms with van der Waals surface area (Å²) in [6, 6.07) is 4.39. The van der Waals surface area contributed by atoms with Gasteiger partial charge in [0.05, 0.1) is 0 Å². The Morgan fingerprint density at radius 3 is 2.32 bits per heavy atom. The number of urea groups is 1. The quantitative estimate of drug-likeness (QED) is 0.369. The van der Waals surface area contributed by atoms with Gasteiger partial charge in [-0.25, -0.2) is 9.78 Å². The van der Waals surface area contributed by atoms with Crippen molar-refractivity contribution >= 4 is 29.5 Å². The second-order valence-electron chi connectivity index (χ2n) is 10.7. The fourth-order valence-corrected chi connectivity index (χ4v) is 5.79. The number of H-pyrrole nitrogens is 1. The Bertz CT molecular complexity index is 1070. The molecule has 5 N–H and O–H groups in total. The lowest BCUT2D eigenvalue weighted by molar-refractivity contribution is -0.129. The summed E-state index contributed by atoms with van der Waals surface area (Å²) < 4.78 is 0. The molecule has 2 saturated carbocycles. The fraction of sp³-hybridized carbons (Fsp3) is 0.654. The SMILES string of the molecule is CC(=O)N1CCC(NC(=O)NC2CCC(Nc3nccc(Nc4cc(C5CCCC5)[nH]n4)n3)CC2)CC1.[HH].[HH].[HH]. The molecule has 11 nitrogen and oxygen atoms in total. The van der Waals surface area contributed by atoms with Crippen molar-refractivity contribution in [1.82, 2.24) is 35.7 Å². The Labute approximate surface area is 222 Å². The van der Waals surface area contributed by atoms with Crippen LogP contribution in [-0.2, 0) is 4.79 Å². The smallest absolute Gasteiger partial charge is 0.315 e. The summed E-state index contributed by atoms with van der Waals surface area (Å²) in [5.41, 5.74) is 1.20. The van der Waals surface area contributed by atoms with E-state index in [2.05, 4.69) is 47.5 Å². The minimum Gasteiger partial charge on any atom is -0.351 e. The van der Waals surface area contributed by atoms with Gasteiger partial charge in [-0.15, -0.1) is 0 Å². The van der Waals surface area contributed by atoms with Crippen molar-refractivity contribution in [3.8, 4) is 0 Å². The molecule has 5 rings (SSSR count). The van der Waals surface area contributed by atoms with Crippen molar-refractivity contribution < 1.29 is 13.9 Å². The first-order chi connectivity index (χ1) is 18.0. The van der Waals surface area contributed by atoms with Gasteiger partial charge in [0.2, 0.25) is 11.9 Å². The first-order valence-corrected chi connectivity index (χ1v) is 13.8. The normalized spacial score (nSPS) is 23.0. The molecule has 2 aromatic heterocycles. The molecule has 1 aliphatic heterocycles. The van der Waals surface area contributed by atoms with Crippen LogP contribution >= 0.6 is 0 Å². The van der Waals surface area contributed by atoms with Crippen LogP contribution < -0.4 is 21.3 Å². The van der Waals surface area contributed by atoms with E-state index < -0.39 is 0 Å². The van der Waals surface area contributed by atoms with Crippen molar-refractivity contribution in [3.05, 3.63) is 24.0 Å². The van der Waals surface area contributed by atoms with Crippen LogP contribution in [0, 0.1) is 0 Å². The van der Waals surface area contributed by atoms with Gasteiger partial charge >= 0.3 is 6.03 Å². The number of nitrogens with zero attached hydrogens (tertiary/aromatic N) is 4. The molecule has 11 heteroatoms. The molecule has 0 aromatic carbocycles. The Morgan fingerprint density at radius 2 is 1.62 bits per heavy atom. The molecule has 3 fully saturated rings. The van der Waals surface area contributed by atoms with Crippen molar-refractivity contribution in [2.45, 2.75) is 95.2 Å². The third-order valence-electron chi connectivity index (χ3n) is 7.98. The molecular formula is C26H45N9O2. The lowest BCUT2D eigenvalue weighted by Gasteiger charge is -2.33. The number of hydrogen-bond donors (Lipinski definition) is 5. The van der Waals surface area contributed by atoms with Gasteiger partial charge in [0.1, 0.15) is 5.82 Å². The maximum Gasteiger partial charge on any atom is 0.315 e. The van der Waals surface area contributed by atoms with E-state index in [0.29, 0.717) is 30.8 Å². The molecule has 1 saturated heterocycles. The molecule has 206 valence electrons. The molecule has 3 aliphatic rings. The number of hydrogen-bond acceptors (Lipinski definition) is 7. The molecule has 0 bridgehead atoms. The standard InChI is InChI=1S/C26H39N9O2.3H2/c1-17(36)35-14-11-21(12-15-35)30-26(37)29-20-8-6-19(7-9-20)28-25-27-13-10-23(32-25)31-24-16-22(33-34-24)18-4-2-3-5-18;;;/h10,13,16,18-21H,2-9,11-12,14-15H2,1H3,(H2,29,30,37)(H3,27,28,31,32,33,34);3*1H. The van der Waals surface area contributed by atoms with Crippen molar-refractivity contribution in [1.29, 1.82) is 0 Å². The summed E-state index contributed by atoms with van der Waals surface area (Å²) in [5, 5.41) is 20.5. The highest BCUT2D eigenvalue weighted by molar-refractivity contribution is 5.75. The average Bonchev–Trinajstić information content (AvgIpc) is 3.58. The van der Waals surface area contributed by atoms with Crippen LogP contribution in [0.25, 0.3) is 0 Å². The second kappa shape index (κ2) is 11.8. The number of aromatic amines is 1. The molecule has 37 heavy (non-hydrogen) atoms. The van der Waals surface area contributed by atoms with Gasteiger partial charge < -0.3 is 26.2 Å². The number of rotatable bonds is 7. The largest absolute Gasteiger partial charge is 0.351 e. The third-order valence-corrected chi connectivity index (χ3v) is 7.98. The zero-order valence-electron chi connectivity index (χ0n) is 21.6. The Balaban J connectivity index is 0.00000187. The second-order valence-corrected chi connectivity index (χ2v) is 10.7. The zero-order chi connectivity index (χ0) is 25.6. The van der Waals surface area contributed by atoms with Crippen LogP contribution in [0.5, 0.6) is 0 Å². The highest BCUT2D eigenvalue weighted by Crippen LogP contribution is 2.34. The summed E-state index contributed by atoms with van der Waals surface area (Å²) in [5.74, 6) is 2.78. The molecule has 2 aliphatic carbocycles. The monoisotopic (exact) mass is 515 g/mol. The molecular weight excluding hydrogens is 470 g/mol. The maximum atomic E-state index is 12.5. The lowest BCUT2D eigenvalue weighted by Crippen LogP contribution is -2.51. The first kappa shape index (κ1) is 25.3. The van der Waals surface area contributed by atoms with Gasteiger partial charge in [-0.3, -0.25) is 9.89 Å². The predicted octanol–water partition coefficient (Wildman–Crippen LogP) is 4.37. The number of piperidine rings is 1. The molecule has 0 spiro atoms. The summed E-state index contributed by atoms with van der Waals surface area (Å²) in [6.07, 6.45) is 12.1. The van der Waals surface area contributed by atoms with E-state index in [9.17, 15) is 9.59 Å². The van der Waals surface area contributed by atoms with Gasteiger partial charge in [0.15, 0.2) is 5.82 Å². The van der Waals surface area contributed by atoms with Crippen molar-refractivity contribution in [2.75, 3.05) is 23.7 Å². The van der Waals surface area contributed by atoms with Crippen LogP contribution in [0.15, 0.2) is 18.3 Å². The average molecular weight is 516 g/mol. The number of carbonyl (C=O) groups excluding carboxylic acids is 2. The first-order valence-electron chi connectivity index (χ1n) is 13.8. The number of likely N-dealkylation sites (tertiary alicyclic amines) is 1. The molecule has 0 radical (unpaired) electrons. The number of amides is 3. The molecule has 3 heterocycles. The van der Waals surface area contributed by atoms with Gasteiger partial charge in [-0.05, 0) is 57.4 Å². The fourth-order valence-electron chi connectivity index (χ4n) is 5.79. The number of carbonyl (C=O) groups is 2.